The highest BCUT2D eigenvalue weighted by Crippen LogP contribution is 2.37. The zero-order valence-electron chi connectivity index (χ0n) is 18.0. The molecule has 0 spiro atoms. The first-order valence-corrected chi connectivity index (χ1v) is 11.3. The van der Waals surface area contributed by atoms with Gasteiger partial charge in [0.15, 0.2) is 11.5 Å². The van der Waals surface area contributed by atoms with Crippen molar-refractivity contribution in [3.63, 3.8) is 0 Å². The largest absolute Gasteiger partial charge is 0.489 e. The topological polar surface area (TPSA) is 66.0 Å². The van der Waals surface area contributed by atoms with Crippen LogP contribution in [0.3, 0.4) is 0 Å². The van der Waals surface area contributed by atoms with Gasteiger partial charge in [-0.2, -0.15) is 0 Å². The third kappa shape index (κ3) is 4.63. The van der Waals surface area contributed by atoms with Crippen LogP contribution in [0.1, 0.15) is 24.0 Å². The number of nitrogens with one attached hydrogen (secondary N) is 1. The summed E-state index contributed by atoms with van der Waals surface area (Å²) in [5, 5.41) is 3.77. The number of benzene rings is 3. The molecule has 0 radical (unpaired) electrons. The quantitative estimate of drug-likeness (QED) is 0.532. The molecule has 3 aromatic rings. The molecular formula is C26H24ClNO5. The molecule has 0 aliphatic carbocycles. The Bertz CT molecular complexity index is 1140. The summed E-state index contributed by atoms with van der Waals surface area (Å²) in [5.41, 5.74) is 1.97. The van der Waals surface area contributed by atoms with Crippen molar-refractivity contribution in [3.8, 4) is 17.2 Å². The number of fused-ring (bicyclic) bond motifs is 1. The minimum absolute atomic E-state index is 0.0399. The second-order valence-electron chi connectivity index (χ2n) is 8.16. The molecule has 7 heteroatoms. The van der Waals surface area contributed by atoms with Crippen LogP contribution in [0, 0.1) is 0 Å². The Kier molecular flexibility index (Phi) is 6.11. The van der Waals surface area contributed by atoms with Gasteiger partial charge in [0.25, 0.3) is 0 Å². The molecule has 170 valence electrons. The number of ether oxygens (including phenoxy) is 4. The van der Waals surface area contributed by atoms with Crippen LogP contribution in [0.25, 0.3) is 0 Å². The first-order valence-electron chi connectivity index (χ1n) is 10.9. The lowest BCUT2D eigenvalue weighted by atomic mass is 9.73. The molecule has 0 unspecified atom stereocenters. The van der Waals surface area contributed by atoms with Crippen LogP contribution in [0.5, 0.6) is 17.2 Å². The van der Waals surface area contributed by atoms with Crippen molar-refractivity contribution in [1.82, 2.24) is 0 Å². The van der Waals surface area contributed by atoms with E-state index >= 15 is 0 Å². The highest BCUT2D eigenvalue weighted by molar-refractivity contribution is 6.30. The van der Waals surface area contributed by atoms with Gasteiger partial charge in [0.1, 0.15) is 12.4 Å². The molecule has 33 heavy (non-hydrogen) atoms. The van der Waals surface area contributed by atoms with E-state index in [2.05, 4.69) is 5.32 Å². The Morgan fingerprint density at radius 2 is 1.76 bits per heavy atom. The van der Waals surface area contributed by atoms with Crippen LogP contribution in [0.2, 0.25) is 5.02 Å². The number of hydrogen-bond donors (Lipinski definition) is 1. The van der Waals surface area contributed by atoms with E-state index in [0.29, 0.717) is 49.2 Å². The Hall–Kier alpha value is -3.22. The molecule has 1 N–H and O–H groups in total. The van der Waals surface area contributed by atoms with Crippen LogP contribution in [-0.2, 0) is 21.6 Å². The highest BCUT2D eigenvalue weighted by Gasteiger charge is 2.41. The Balaban J connectivity index is 1.30. The molecule has 0 atom stereocenters. The van der Waals surface area contributed by atoms with Gasteiger partial charge in [0, 0.05) is 30.0 Å². The van der Waals surface area contributed by atoms with Crippen LogP contribution in [0.15, 0.2) is 66.7 Å². The molecule has 2 aliphatic rings. The van der Waals surface area contributed by atoms with Crippen molar-refractivity contribution in [2.24, 2.45) is 0 Å². The number of carbonyl (C=O) groups is 1. The first-order chi connectivity index (χ1) is 16.1. The van der Waals surface area contributed by atoms with Crippen molar-refractivity contribution in [2.75, 3.05) is 25.3 Å². The van der Waals surface area contributed by atoms with Gasteiger partial charge >= 0.3 is 0 Å². The van der Waals surface area contributed by atoms with E-state index in [4.69, 9.17) is 30.5 Å². The Morgan fingerprint density at radius 3 is 2.58 bits per heavy atom. The number of amides is 1. The van der Waals surface area contributed by atoms with Gasteiger partial charge in [-0.15, -0.1) is 0 Å². The molecule has 1 saturated heterocycles. The fourth-order valence-corrected chi connectivity index (χ4v) is 4.38. The van der Waals surface area contributed by atoms with E-state index in [1.807, 2.05) is 66.7 Å². The second kappa shape index (κ2) is 9.33. The number of anilines is 1. The summed E-state index contributed by atoms with van der Waals surface area (Å²) < 4.78 is 22.2. The lowest BCUT2D eigenvalue weighted by molar-refractivity contribution is -0.125. The molecule has 2 heterocycles. The second-order valence-corrected chi connectivity index (χ2v) is 8.60. The van der Waals surface area contributed by atoms with Crippen molar-refractivity contribution < 1.29 is 23.7 Å². The van der Waals surface area contributed by atoms with Crippen molar-refractivity contribution in [2.45, 2.75) is 24.9 Å². The summed E-state index contributed by atoms with van der Waals surface area (Å²) >= 11 is 6.07. The lowest BCUT2D eigenvalue weighted by Crippen LogP contribution is -2.44. The van der Waals surface area contributed by atoms with Gasteiger partial charge in [-0.3, -0.25) is 4.79 Å². The molecule has 5 rings (SSSR count). The molecule has 0 saturated carbocycles. The number of rotatable bonds is 6. The van der Waals surface area contributed by atoms with Crippen molar-refractivity contribution >= 4 is 23.2 Å². The van der Waals surface area contributed by atoms with Gasteiger partial charge < -0.3 is 24.3 Å². The van der Waals surface area contributed by atoms with Gasteiger partial charge in [-0.05, 0) is 60.4 Å². The highest BCUT2D eigenvalue weighted by atomic mass is 35.5. The Labute approximate surface area is 197 Å². The summed E-state index contributed by atoms with van der Waals surface area (Å²) in [5.74, 6) is 2.05. The zero-order chi connectivity index (χ0) is 22.7. The van der Waals surface area contributed by atoms with Gasteiger partial charge in [-0.1, -0.05) is 35.9 Å². The van der Waals surface area contributed by atoms with E-state index < -0.39 is 5.41 Å². The Morgan fingerprint density at radius 1 is 0.970 bits per heavy atom. The maximum atomic E-state index is 13.5. The van der Waals surface area contributed by atoms with Gasteiger partial charge in [-0.25, -0.2) is 0 Å². The monoisotopic (exact) mass is 465 g/mol. The lowest BCUT2D eigenvalue weighted by Gasteiger charge is -2.36. The van der Waals surface area contributed by atoms with Gasteiger partial charge in [0.05, 0.1) is 5.41 Å². The zero-order valence-corrected chi connectivity index (χ0v) is 18.8. The average Bonchev–Trinajstić information content (AvgIpc) is 3.32. The van der Waals surface area contributed by atoms with Crippen molar-refractivity contribution in [3.05, 3.63) is 82.9 Å². The molecule has 1 fully saturated rings. The summed E-state index contributed by atoms with van der Waals surface area (Å²) in [4.78, 5) is 13.5. The van der Waals surface area contributed by atoms with Crippen LogP contribution >= 0.6 is 11.6 Å². The van der Waals surface area contributed by atoms with Crippen LogP contribution < -0.4 is 19.5 Å². The molecule has 3 aromatic carbocycles. The predicted molar refractivity (Wildman–Crippen MR) is 125 cm³/mol. The molecule has 1 amide bonds. The van der Waals surface area contributed by atoms with Crippen molar-refractivity contribution in [1.29, 1.82) is 0 Å². The normalized spacial score (nSPS) is 16.3. The number of carbonyl (C=O) groups excluding carboxylic acids is 1. The standard InChI is InChI=1S/C26H24ClNO5/c27-20-6-4-19(5-7-20)26(10-12-30-13-11-26)25(29)28-21-3-1-2-18(14-21)16-31-22-8-9-23-24(15-22)33-17-32-23/h1-9,14-15H,10-13,16-17H2,(H,28,29). The molecular weight excluding hydrogens is 442 g/mol. The van der Waals surface area contributed by atoms with E-state index in [1.165, 1.54) is 0 Å². The number of halogens is 1. The summed E-state index contributed by atoms with van der Waals surface area (Å²) in [7, 11) is 0. The average molecular weight is 466 g/mol. The molecule has 0 bridgehead atoms. The fourth-order valence-electron chi connectivity index (χ4n) is 4.26. The molecule has 0 aromatic heterocycles. The summed E-state index contributed by atoms with van der Waals surface area (Å²) in [6.45, 7) is 1.67. The third-order valence-electron chi connectivity index (χ3n) is 6.11. The maximum Gasteiger partial charge on any atom is 0.235 e. The van der Waals surface area contributed by atoms with E-state index in [0.717, 1.165) is 22.6 Å². The predicted octanol–water partition coefficient (Wildman–Crippen LogP) is 5.33. The third-order valence-corrected chi connectivity index (χ3v) is 6.36. The smallest absolute Gasteiger partial charge is 0.235 e. The minimum atomic E-state index is -0.651. The molecule has 6 nitrogen and oxygen atoms in total. The minimum Gasteiger partial charge on any atom is -0.489 e. The van der Waals surface area contributed by atoms with Gasteiger partial charge in [0.2, 0.25) is 12.7 Å². The summed E-state index contributed by atoms with van der Waals surface area (Å²) in [6.07, 6.45) is 1.24. The van der Waals surface area contributed by atoms with E-state index in [9.17, 15) is 4.79 Å². The molecule has 2 aliphatic heterocycles. The summed E-state index contributed by atoms with van der Waals surface area (Å²) in [6, 6.07) is 20.7. The van der Waals surface area contributed by atoms with E-state index in [-0.39, 0.29) is 12.7 Å². The van der Waals surface area contributed by atoms with Crippen LogP contribution in [-0.4, -0.2) is 25.9 Å². The fraction of sp³-hybridized carbons (Fsp3) is 0.269. The first kappa shape index (κ1) is 21.6. The number of hydrogen-bond acceptors (Lipinski definition) is 5. The van der Waals surface area contributed by atoms with E-state index in [1.54, 1.807) is 0 Å². The van der Waals surface area contributed by atoms with Crippen LogP contribution in [0.4, 0.5) is 5.69 Å². The SMILES string of the molecule is O=C(Nc1cccc(COc2ccc3c(c2)OCO3)c1)C1(c2ccc(Cl)cc2)CCOCC1. The maximum absolute atomic E-state index is 13.5.